The summed E-state index contributed by atoms with van der Waals surface area (Å²) < 4.78 is 0. The molecule has 4 heteroatoms. The first-order chi connectivity index (χ1) is 8.70. The zero-order valence-electron chi connectivity index (χ0n) is 10.9. The first kappa shape index (κ1) is 12.7. The van der Waals surface area contributed by atoms with Crippen molar-refractivity contribution in [3.63, 3.8) is 0 Å². The van der Waals surface area contributed by atoms with Crippen molar-refractivity contribution in [3.8, 4) is 0 Å². The summed E-state index contributed by atoms with van der Waals surface area (Å²) in [6, 6.07) is 8.87. The number of nitrogens with two attached hydrogens (primary N) is 2. The number of hydrogen-bond acceptors (Lipinski definition) is 2. The van der Waals surface area contributed by atoms with E-state index in [0.29, 0.717) is 5.92 Å². The number of anilines is 1. The molecule has 1 fully saturated rings. The second-order valence-corrected chi connectivity index (χ2v) is 4.81. The first-order valence-electron chi connectivity index (χ1n) is 6.63. The Hall–Kier alpha value is -1.71. The highest BCUT2D eigenvalue weighted by Gasteiger charge is 2.28. The number of nitrogens with zero attached hydrogens (tertiary/aromatic N) is 1. The van der Waals surface area contributed by atoms with Gasteiger partial charge in [0.05, 0.1) is 6.04 Å². The highest BCUT2D eigenvalue weighted by Crippen LogP contribution is 2.36. The summed E-state index contributed by atoms with van der Waals surface area (Å²) in [5.41, 5.74) is 13.5. The van der Waals surface area contributed by atoms with Crippen molar-refractivity contribution in [2.75, 3.05) is 11.9 Å². The fourth-order valence-electron chi connectivity index (χ4n) is 2.73. The van der Waals surface area contributed by atoms with Gasteiger partial charge in [0, 0.05) is 18.2 Å². The summed E-state index contributed by atoms with van der Waals surface area (Å²) in [5.74, 6) is 0.666. The van der Waals surface area contributed by atoms with Crippen molar-refractivity contribution in [3.05, 3.63) is 29.8 Å². The minimum absolute atomic E-state index is 0.205. The fourth-order valence-corrected chi connectivity index (χ4v) is 2.73. The quantitative estimate of drug-likeness (QED) is 0.562. The molecule has 0 aromatic heterocycles. The fraction of sp³-hybridized carbons (Fsp3) is 0.500. The van der Waals surface area contributed by atoms with E-state index in [9.17, 15) is 0 Å². The number of hydrogen-bond donors (Lipinski definition) is 3. The third kappa shape index (κ3) is 2.94. The molecule has 0 heterocycles. The zero-order chi connectivity index (χ0) is 13.0. The maximum absolute atomic E-state index is 5.49. The Kier molecular flexibility index (Phi) is 4.07. The van der Waals surface area contributed by atoms with Crippen LogP contribution in [-0.2, 0) is 0 Å². The zero-order valence-corrected chi connectivity index (χ0v) is 10.9. The predicted molar refractivity (Wildman–Crippen MR) is 76.8 cm³/mol. The Morgan fingerprint density at radius 2 is 2.00 bits per heavy atom. The maximum atomic E-state index is 5.49. The van der Waals surface area contributed by atoms with E-state index in [1.165, 1.54) is 18.4 Å². The summed E-state index contributed by atoms with van der Waals surface area (Å²) in [7, 11) is 0. The number of nitrogens with one attached hydrogen (secondary N) is 1. The monoisotopic (exact) mass is 246 g/mol. The molecule has 0 bridgehead atoms. The average molecular weight is 246 g/mol. The molecule has 98 valence electrons. The molecule has 1 aliphatic rings. The summed E-state index contributed by atoms with van der Waals surface area (Å²) in [6.45, 7) is 3.04. The normalized spacial score (nSPS) is 22.7. The van der Waals surface area contributed by atoms with Crippen LogP contribution in [0.15, 0.2) is 29.3 Å². The Labute approximate surface area is 108 Å². The molecule has 0 saturated heterocycles. The van der Waals surface area contributed by atoms with Gasteiger partial charge < -0.3 is 16.8 Å². The lowest BCUT2D eigenvalue weighted by molar-refractivity contribution is 0.614. The highest BCUT2D eigenvalue weighted by atomic mass is 15.0. The van der Waals surface area contributed by atoms with E-state index in [1.807, 2.05) is 0 Å². The summed E-state index contributed by atoms with van der Waals surface area (Å²) in [5, 5.41) is 3.30. The van der Waals surface area contributed by atoms with E-state index < -0.39 is 0 Å². The number of rotatable bonds is 4. The Bertz CT molecular complexity index is 406. The molecular formula is C14H22N4. The second kappa shape index (κ2) is 5.76. The van der Waals surface area contributed by atoms with Crippen LogP contribution < -0.4 is 16.8 Å². The van der Waals surface area contributed by atoms with Gasteiger partial charge in [0.1, 0.15) is 0 Å². The molecule has 2 rings (SSSR count). The molecule has 0 amide bonds. The van der Waals surface area contributed by atoms with Crippen LogP contribution in [0.5, 0.6) is 0 Å². The van der Waals surface area contributed by atoms with E-state index in [0.717, 1.165) is 18.7 Å². The number of benzene rings is 1. The third-order valence-electron chi connectivity index (χ3n) is 3.51. The van der Waals surface area contributed by atoms with Crippen molar-refractivity contribution >= 4 is 11.6 Å². The molecule has 1 aromatic carbocycles. The minimum atomic E-state index is 0.205. The Morgan fingerprint density at radius 3 is 2.61 bits per heavy atom. The van der Waals surface area contributed by atoms with E-state index >= 15 is 0 Å². The molecule has 5 N–H and O–H groups in total. The largest absolute Gasteiger partial charge is 0.385 e. The van der Waals surface area contributed by atoms with Gasteiger partial charge >= 0.3 is 0 Å². The van der Waals surface area contributed by atoms with Crippen molar-refractivity contribution in [2.45, 2.75) is 38.1 Å². The molecule has 1 aromatic rings. The van der Waals surface area contributed by atoms with Crippen molar-refractivity contribution in [1.29, 1.82) is 0 Å². The summed E-state index contributed by atoms with van der Waals surface area (Å²) in [4.78, 5) is 4.35. The Morgan fingerprint density at radius 1 is 1.28 bits per heavy atom. The van der Waals surface area contributed by atoms with Gasteiger partial charge in [-0.05, 0) is 37.5 Å². The van der Waals surface area contributed by atoms with Crippen molar-refractivity contribution < 1.29 is 0 Å². The molecule has 2 atom stereocenters. The lowest BCUT2D eigenvalue weighted by atomic mass is 9.94. The second-order valence-electron chi connectivity index (χ2n) is 4.81. The smallest absolute Gasteiger partial charge is 0.186 e. The van der Waals surface area contributed by atoms with Crippen LogP contribution in [0, 0.1) is 0 Å². The maximum Gasteiger partial charge on any atom is 0.186 e. The summed E-state index contributed by atoms with van der Waals surface area (Å²) >= 11 is 0. The molecule has 1 aliphatic carbocycles. The van der Waals surface area contributed by atoms with Crippen LogP contribution in [0.4, 0.5) is 5.69 Å². The van der Waals surface area contributed by atoms with E-state index in [2.05, 4.69) is 41.5 Å². The molecule has 18 heavy (non-hydrogen) atoms. The van der Waals surface area contributed by atoms with Gasteiger partial charge in [0.2, 0.25) is 0 Å². The van der Waals surface area contributed by atoms with Crippen LogP contribution >= 0.6 is 0 Å². The van der Waals surface area contributed by atoms with Gasteiger partial charge in [-0.25, -0.2) is 4.99 Å². The van der Waals surface area contributed by atoms with Gasteiger partial charge in [-0.1, -0.05) is 18.6 Å². The minimum Gasteiger partial charge on any atom is -0.385 e. The number of aliphatic imine (C=N–C) groups is 1. The molecule has 1 saturated carbocycles. The molecule has 4 nitrogen and oxygen atoms in total. The molecule has 0 spiro atoms. The van der Waals surface area contributed by atoms with Crippen LogP contribution in [-0.4, -0.2) is 18.5 Å². The predicted octanol–water partition coefficient (Wildman–Crippen LogP) is 2.03. The third-order valence-corrected chi connectivity index (χ3v) is 3.51. The molecule has 0 radical (unpaired) electrons. The van der Waals surface area contributed by atoms with Crippen LogP contribution in [0.25, 0.3) is 0 Å². The molecular weight excluding hydrogens is 224 g/mol. The standard InChI is InChI=1S/C14H22N4/c1-2-17-11-8-6-10(7-9-11)12-4-3-5-13(12)18-14(15)16/h6-9,12-13,17H,2-5H2,1H3,(H4,15,16,18). The lowest BCUT2D eigenvalue weighted by Crippen LogP contribution is -2.26. The molecule has 2 unspecified atom stereocenters. The van der Waals surface area contributed by atoms with Gasteiger partial charge in [-0.2, -0.15) is 0 Å². The van der Waals surface area contributed by atoms with Crippen LogP contribution in [0.1, 0.15) is 37.7 Å². The first-order valence-corrected chi connectivity index (χ1v) is 6.63. The van der Waals surface area contributed by atoms with Crippen LogP contribution in [0.3, 0.4) is 0 Å². The topological polar surface area (TPSA) is 76.4 Å². The summed E-state index contributed by atoms with van der Waals surface area (Å²) in [6.07, 6.45) is 3.45. The SMILES string of the molecule is CCNc1ccc(C2CCCC2N=C(N)N)cc1. The van der Waals surface area contributed by atoms with Gasteiger partial charge in [-0.15, -0.1) is 0 Å². The van der Waals surface area contributed by atoms with Gasteiger partial charge in [0.15, 0.2) is 5.96 Å². The average Bonchev–Trinajstić information content (AvgIpc) is 2.78. The van der Waals surface area contributed by atoms with E-state index in [-0.39, 0.29) is 12.0 Å². The van der Waals surface area contributed by atoms with Crippen molar-refractivity contribution in [1.82, 2.24) is 0 Å². The highest BCUT2D eigenvalue weighted by molar-refractivity contribution is 5.76. The Balaban J connectivity index is 2.12. The van der Waals surface area contributed by atoms with Crippen molar-refractivity contribution in [2.24, 2.45) is 16.5 Å². The van der Waals surface area contributed by atoms with Gasteiger partial charge in [0.25, 0.3) is 0 Å². The van der Waals surface area contributed by atoms with Gasteiger partial charge in [-0.3, -0.25) is 0 Å². The number of guanidine groups is 1. The van der Waals surface area contributed by atoms with Crippen LogP contribution in [0.2, 0.25) is 0 Å². The van der Waals surface area contributed by atoms with E-state index in [1.54, 1.807) is 0 Å². The molecule has 0 aliphatic heterocycles. The van der Waals surface area contributed by atoms with E-state index in [4.69, 9.17) is 11.5 Å². The lowest BCUT2D eigenvalue weighted by Gasteiger charge is -2.17.